The normalized spacial score (nSPS) is 17.1. The molecule has 1 aromatic carbocycles. The fourth-order valence-corrected chi connectivity index (χ4v) is 5.71. The predicted octanol–water partition coefficient (Wildman–Crippen LogP) is 4.51. The van der Waals surface area contributed by atoms with Gasteiger partial charge in [0.1, 0.15) is 11.5 Å². The number of anilines is 2. The van der Waals surface area contributed by atoms with Crippen molar-refractivity contribution >= 4 is 33.2 Å². The first-order valence-electron chi connectivity index (χ1n) is 11.7. The van der Waals surface area contributed by atoms with E-state index in [1.165, 1.54) is 42.6 Å². The zero-order valence-electron chi connectivity index (χ0n) is 18.6. The molecule has 8 nitrogen and oxygen atoms in total. The summed E-state index contributed by atoms with van der Waals surface area (Å²) in [7, 11) is 0. The zero-order chi connectivity index (χ0) is 23.1. The largest absolute Gasteiger partial charge is 0.459 e. The molecule has 0 atom stereocenters. The average molecular weight is 481 g/mol. The van der Waals surface area contributed by atoms with Crippen molar-refractivity contribution in [2.45, 2.75) is 31.7 Å². The number of fused-ring (bicyclic) bond motifs is 1. The van der Waals surface area contributed by atoms with Crippen molar-refractivity contribution in [3.63, 3.8) is 0 Å². The molecule has 3 aromatic heterocycles. The van der Waals surface area contributed by atoms with Crippen LogP contribution in [-0.4, -0.2) is 57.6 Å². The highest BCUT2D eigenvalue weighted by molar-refractivity contribution is 7.20. The minimum atomic E-state index is -0.281. The van der Waals surface area contributed by atoms with Crippen molar-refractivity contribution in [1.82, 2.24) is 19.5 Å². The summed E-state index contributed by atoms with van der Waals surface area (Å²) >= 11 is 1.51. The number of aromatic nitrogens is 3. The minimum Gasteiger partial charge on any atom is -0.459 e. The molecule has 1 aliphatic carbocycles. The molecule has 176 valence electrons. The molecule has 1 N–H and O–H groups in total. The summed E-state index contributed by atoms with van der Waals surface area (Å²) in [4.78, 5) is 22.2. The average Bonchev–Trinajstić information content (AvgIpc) is 3.65. The predicted molar refractivity (Wildman–Crippen MR) is 129 cm³/mol. The molecule has 2 fully saturated rings. The summed E-state index contributed by atoms with van der Waals surface area (Å²) in [6, 6.07) is 10.3. The van der Waals surface area contributed by atoms with Crippen LogP contribution in [0.3, 0.4) is 0 Å². The lowest BCUT2D eigenvalue weighted by molar-refractivity contribution is 0.0714. The van der Waals surface area contributed by atoms with E-state index in [1.54, 1.807) is 18.2 Å². The third kappa shape index (κ3) is 3.91. The van der Waals surface area contributed by atoms with Gasteiger partial charge in [-0.2, -0.15) is 4.52 Å². The van der Waals surface area contributed by atoms with Gasteiger partial charge >= 0.3 is 0 Å². The zero-order valence-corrected chi connectivity index (χ0v) is 19.4. The van der Waals surface area contributed by atoms with Crippen molar-refractivity contribution in [1.29, 1.82) is 0 Å². The molecular formula is C24H25FN6O2S. The Bertz CT molecular complexity index is 1300. The second-order valence-corrected chi connectivity index (χ2v) is 9.72. The van der Waals surface area contributed by atoms with Crippen molar-refractivity contribution in [3.05, 3.63) is 54.2 Å². The van der Waals surface area contributed by atoms with E-state index in [0.717, 1.165) is 40.0 Å². The lowest BCUT2D eigenvalue weighted by Gasteiger charge is -2.33. The van der Waals surface area contributed by atoms with Gasteiger partial charge in [-0.05, 0) is 37.1 Å². The number of rotatable bonds is 5. The molecule has 0 radical (unpaired) electrons. The van der Waals surface area contributed by atoms with Crippen LogP contribution < -0.4 is 10.2 Å². The lowest BCUT2D eigenvalue weighted by Crippen LogP contribution is -2.48. The van der Waals surface area contributed by atoms with Gasteiger partial charge in [0, 0.05) is 37.8 Å². The van der Waals surface area contributed by atoms with Crippen molar-refractivity contribution in [3.8, 4) is 11.3 Å². The molecular weight excluding hydrogens is 455 g/mol. The number of carbonyl (C=O) groups is 1. The molecule has 1 aliphatic heterocycles. The topological polar surface area (TPSA) is 78.9 Å². The number of benzene rings is 1. The van der Waals surface area contributed by atoms with Crippen LogP contribution in [0.2, 0.25) is 0 Å². The monoisotopic (exact) mass is 480 g/mol. The summed E-state index contributed by atoms with van der Waals surface area (Å²) in [5, 5.41) is 9.40. The first-order chi connectivity index (χ1) is 16.7. The van der Waals surface area contributed by atoms with E-state index in [1.807, 2.05) is 15.5 Å². The van der Waals surface area contributed by atoms with Crippen LogP contribution in [0.4, 0.5) is 15.3 Å². The fourth-order valence-electron chi connectivity index (χ4n) is 4.75. The Balaban J connectivity index is 1.26. The van der Waals surface area contributed by atoms with Crippen LogP contribution in [0, 0.1) is 5.82 Å². The minimum absolute atomic E-state index is 0.0821. The summed E-state index contributed by atoms with van der Waals surface area (Å²) < 4.78 is 21.1. The van der Waals surface area contributed by atoms with Gasteiger partial charge in [-0.15, -0.1) is 5.10 Å². The maximum absolute atomic E-state index is 13.9. The van der Waals surface area contributed by atoms with Gasteiger partial charge in [0.15, 0.2) is 11.6 Å². The van der Waals surface area contributed by atoms with Crippen LogP contribution in [-0.2, 0) is 0 Å². The molecule has 0 unspecified atom stereocenters. The molecule has 0 spiro atoms. The van der Waals surface area contributed by atoms with E-state index in [0.29, 0.717) is 38.0 Å². The third-order valence-electron chi connectivity index (χ3n) is 6.56. The van der Waals surface area contributed by atoms with Gasteiger partial charge in [0.2, 0.25) is 10.1 Å². The second-order valence-electron chi connectivity index (χ2n) is 8.78. The first-order valence-corrected chi connectivity index (χ1v) is 12.5. The first kappa shape index (κ1) is 21.2. The maximum Gasteiger partial charge on any atom is 0.289 e. The quantitative estimate of drug-likeness (QED) is 0.453. The number of amides is 1. The lowest BCUT2D eigenvalue weighted by atomic mass is 10.1. The van der Waals surface area contributed by atoms with E-state index in [2.05, 4.69) is 10.2 Å². The standard InChI is InChI=1S/C24H25FN6O2S/c25-17-6-3-5-16(15-17)20-21(26-18-7-1-2-8-18)31-23(27-20)34-24(28-31)30-12-10-29(11-13-30)22(32)19-9-4-14-33-19/h3-6,9,14-15,18,26H,1-2,7-8,10-13H2. The molecule has 34 heavy (non-hydrogen) atoms. The molecule has 4 aromatic rings. The molecule has 2 aliphatic rings. The highest BCUT2D eigenvalue weighted by atomic mass is 32.1. The van der Waals surface area contributed by atoms with Gasteiger partial charge in [-0.1, -0.05) is 36.3 Å². The SMILES string of the molecule is O=C(c1ccco1)N1CCN(c2nn3c(NC4CCCC4)c(-c4cccc(F)c4)nc3s2)CC1. The molecule has 1 saturated carbocycles. The van der Waals surface area contributed by atoms with E-state index >= 15 is 0 Å². The smallest absolute Gasteiger partial charge is 0.289 e. The van der Waals surface area contributed by atoms with Crippen molar-refractivity contribution in [2.24, 2.45) is 0 Å². The highest BCUT2D eigenvalue weighted by Crippen LogP contribution is 2.35. The van der Waals surface area contributed by atoms with Crippen molar-refractivity contribution < 1.29 is 13.6 Å². The second kappa shape index (κ2) is 8.75. The third-order valence-corrected chi connectivity index (χ3v) is 7.53. The van der Waals surface area contributed by atoms with E-state index in [4.69, 9.17) is 14.5 Å². The maximum atomic E-state index is 13.9. The van der Waals surface area contributed by atoms with Crippen LogP contribution >= 0.6 is 11.3 Å². The molecule has 0 bridgehead atoms. The number of imidazole rings is 1. The highest BCUT2D eigenvalue weighted by Gasteiger charge is 2.27. The molecule has 1 amide bonds. The molecule has 10 heteroatoms. The number of hydrogen-bond acceptors (Lipinski definition) is 7. The van der Waals surface area contributed by atoms with Gasteiger partial charge < -0.3 is 19.5 Å². The summed E-state index contributed by atoms with van der Waals surface area (Å²) in [5.41, 5.74) is 1.47. The Hall–Kier alpha value is -3.40. The van der Waals surface area contributed by atoms with Gasteiger partial charge in [0.25, 0.3) is 5.91 Å². The fraction of sp³-hybridized carbons (Fsp3) is 0.375. The van der Waals surface area contributed by atoms with E-state index in [-0.39, 0.29) is 11.7 Å². The van der Waals surface area contributed by atoms with Crippen LogP contribution in [0.25, 0.3) is 16.2 Å². The number of piperazine rings is 1. The summed E-state index contributed by atoms with van der Waals surface area (Å²) in [5.74, 6) is 0.827. The number of furan rings is 1. The number of carbonyl (C=O) groups excluding carboxylic acids is 1. The van der Waals surface area contributed by atoms with Gasteiger partial charge in [-0.25, -0.2) is 9.37 Å². The number of nitrogens with zero attached hydrogens (tertiary/aromatic N) is 5. The number of hydrogen-bond donors (Lipinski definition) is 1. The molecule has 4 heterocycles. The van der Waals surface area contributed by atoms with Crippen molar-refractivity contribution in [2.75, 3.05) is 36.4 Å². The van der Waals surface area contributed by atoms with Crippen LogP contribution in [0.1, 0.15) is 36.2 Å². The molecule has 1 saturated heterocycles. The van der Waals surface area contributed by atoms with Gasteiger partial charge in [-0.3, -0.25) is 4.79 Å². The number of nitrogens with one attached hydrogen (secondary N) is 1. The Morgan fingerprint density at radius 1 is 1.12 bits per heavy atom. The van der Waals surface area contributed by atoms with E-state index in [9.17, 15) is 9.18 Å². The van der Waals surface area contributed by atoms with Crippen LogP contribution in [0.5, 0.6) is 0 Å². The summed E-state index contributed by atoms with van der Waals surface area (Å²) in [6.45, 7) is 2.57. The van der Waals surface area contributed by atoms with Crippen LogP contribution in [0.15, 0.2) is 47.1 Å². The Labute approximate surface area is 200 Å². The summed E-state index contributed by atoms with van der Waals surface area (Å²) in [6.07, 6.45) is 6.15. The Kier molecular flexibility index (Phi) is 5.44. The van der Waals surface area contributed by atoms with Gasteiger partial charge in [0.05, 0.1) is 6.26 Å². The Morgan fingerprint density at radius 3 is 2.68 bits per heavy atom. The van der Waals surface area contributed by atoms with E-state index < -0.39 is 0 Å². The number of halogens is 1. The molecule has 6 rings (SSSR count). The Morgan fingerprint density at radius 2 is 1.94 bits per heavy atom.